The van der Waals surface area contributed by atoms with Crippen molar-refractivity contribution in [3.8, 4) is 0 Å². The first-order valence-electron chi connectivity index (χ1n) is 9.61. The van der Waals surface area contributed by atoms with Gasteiger partial charge in [0.05, 0.1) is 6.54 Å². The fourth-order valence-electron chi connectivity index (χ4n) is 3.13. The number of benzene rings is 1. The summed E-state index contributed by atoms with van der Waals surface area (Å²) in [5.41, 5.74) is 2.46. The van der Waals surface area contributed by atoms with Crippen LogP contribution in [0.5, 0.6) is 0 Å². The molecule has 0 radical (unpaired) electrons. The molecule has 0 aliphatic carbocycles. The third kappa shape index (κ3) is 5.48. The Morgan fingerprint density at radius 2 is 1.85 bits per heavy atom. The van der Waals surface area contributed by atoms with Gasteiger partial charge in [0.15, 0.2) is 5.96 Å². The first-order chi connectivity index (χ1) is 12.8. The molecule has 2 aromatic rings. The summed E-state index contributed by atoms with van der Waals surface area (Å²) >= 11 is 0. The Morgan fingerprint density at radius 1 is 1.04 bits per heavy atom. The van der Waals surface area contributed by atoms with Crippen molar-refractivity contribution in [3.05, 3.63) is 59.8 Å². The number of aliphatic imine (C=N–C) groups is 1. The highest BCUT2D eigenvalue weighted by Gasteiger charge is 2.12. The summed E-state index contributed by atoms with van der Waals surface area (Å²) in [6, 6.07) is 14.8. The number of anilines is 1. The Bertz CT molecular complexity index is 675. The van der Waals surface area contributed by atoms with Crippen molar-refractivity contribution >= 4 is 11.8 Å². The third-order valence-electron chi connectivity index (χ3n) is 4.55. The lowest BCUT2D eigenvalue weighted by atomic mass is 10.1. The lowest BCUT2D eigenvalue weighted by Crippen LogP contribution is -2.38. The molecule has 0 amide bonds. The van der Waals surface area contributed by atoms with E-state index in [2.05, 4.69) is 68.8 Å². The van der Waals surface area contributed by atoms with Gasteiger partial charge in [0.25, 0.3) is 0 Å². The predicted molar refractivity (Wildman–Crippen MR) is 109 cm³/mol. The fraction of sp³-hybridized carbons (Fsp3) is 0.429. The van der Waals surface area contributed by atoms with Crippen molar-refractivity contribution in [2.24, 2.45) is 4.99 Å². The second-order valence-corrected chi connectivity index (χ2v) is 6.58. The highest BCUT2D eigenvalue weighted by atomic mass is 15.2. The number of pyridine rings is 1. The summed E-state index contributed by atoms with van der Waals surface area (Å²) in [4.78, 5) is 11.6. The van der Waals surface area contributed by atoms with E-state index >= 15 is 0 Å². The normalized spacial score (nSPS) is 14.5. The molecule has 26 heavy (non-hydrogen) atoms. The van der Waals surface area contributed by atoms with Crippen LogP contribution in [0.25, 0.3) is 0 Å². The number of rotatable bonds is 7. The second-order valence-electron chi connectivity index (χ2n) is 6.58. The van der Waals surface area contributed by atoms with Gasteiger partial charge in [-0.2, -0.15) is 0 Å². The topological polar surface area (TPSA) is 52.6 Å². The minimum atomic E-state index is 0.633. The van der Waals surface area contributed by atoms with E-state index in [0.29, 0.717) is 6.54 Å². The Hall–Kier alpha value is -2.56. The lowest BCUT2D eigenvalue weighted by molar-refractivity contribution is 0.799. The molecule has 3 rings (SSSR count). The molecule has 1 fully saturated rings. The Labute approximate surface area is 156 Å². The van der Waals surface area contributed by atoms with Crippen LogP contribution in [0.2, 0.25) is 0 Å². The van der Waals surface area contributed by atoms with Gasteiger partial charge in [0.2, 0.25) is 0 Å². The second kappa shape index (κ2) is 9.80. The minimum absolute atomic E-state index is 0.633. The summed E-state index contributed by atoms with van der Waals surface area (Å²) in [5.74, 6) is 1.94. The maximum Gasteiger partial charge on any atom is 0.191 e. The predicted octanol–water partition coefficient (Wildman–Crippen LogP) is 2.98. The van der Waals surface area contributed by atoms with Crippen molar-refractivity contribution in [3.63, 3.8) is 0 Å². The average molecular weight is 351 g/mol. The van der Waals surface area contributed by atoms with Crippen molar-refractivity contribution in [2.75, 3.05) is 31.1 Å². The number of hydrogen-bond acceptors (Lipinski definition) is 3. The van der Waals surface area contributed by atoms with E-state index in [1.54, 1.807) is 0 Å². The smallest absolute Gasteiger partial charge is 0.191 e. The van der Waals surface area contributed by atoms with Crippen molar-refractivity contribution < 1.29 is 0 Å². The van der Waals surface area contributed by atoms with Gasteiger partial charge in [-0.05, 0) is 43.4 Å². The summed E-state index contributed by atoms with van der Waals surface area (Å²) in [6.45, 7) is 6.68. The number of nitrogens with one attached hydrogen (secondary N) is 2. The molecule has 2 N–H and O–H groups in total. The monoisotopic (exact) mass is 351 g/mol. The molecule has 1 aromatic heterocycles. The zero-order valence-electron chi connectivity index (χ0n) is 15.6. The van der Waals surface area contributed by atoms with Crippen LogP contribution in [0.15, 0.2) is 53.7 Å². The molecule has 5 heteroatoms. The van der Waals surface area contributed by atoms with E-state index in [-0.39, 0.29) is 0 Å². The van der Waals surface area contributed by atoms with E-state index in [9.17, 15) is 0 Å². The summed E-state index contributed by atoms with van der Waals surface area (Å²) < 4.78 is 0. The van der Waals surface area contributed by atoms with Crippen LogP contribution in [0.3, 0.4) is 0 Å². The maximum absolute atomic E-state index is 4.68. The Morgan fingerprint density at radius 3 is 2.54 bits per heavy atom. The molecular weight excluding hydrogens is 322 g/mol. The Balaban J connectivity index is 1.51. The van der Waals surface area contributed by atoms with Gasteiger partial charge in [0, 0.05) is 32.4 Å². The quantitative estimate of drug-likeness (QED) is 0.595. The van der Waals surface area contributed by atoms with E-state index in [1.165, 1.54) is 18.4 Å². The highest BCUT2D eigenvalue weighted by molar-refractivity contribution is 5.79. The van der Waals surface area contributed by atoms with E-state index < -0.39 is 0 Å². The van der Waals surface area contributed by atoms with Gasteiger partial charge in [-0.1, -0.05) is 36.4 Å². The molecule has 2 heterocycles. The van der Waals surface area contributed by atoms with Crippen molar-refractivity contribution in [1.29, 1.82) is 0 Å². The fourth-order valence-corrected chi connectivity index (χ4v) is 3.13. The van der Waals surface area contributed by atoms with Crippen LogP contribution in [0.4, 0.5) is 5.82 Å². The van der Waals surface area contributed by atoms with Crippen molar-refractivity contribution in [1.82, 2.24) is 15.6 Å². The molecule has 0 unspecified atom stereocenters. The molecule has 1 aromatic carbocycles. The standard InChI is InChI=1S/C21H29N5/c1-2-22-21(23-13-12-18-8-4-3-5-9-18)25-17-19-10-11-20(24-16-19)26-14-6-7-15-26/h3-5,8-11,16H,2,6-7,12-15,17H2,1H3,(H2,22,23,25). The summed E-state index contributed by atoms with van der Waals surface area (Å²) in [7, 11) is 0. The molecule has 0 atom stereocenters. The zero-order valence-corrected chi connectivity index (χ0v) is 15.6. The van der Waals surface area contributed by atoms with Gasteiger partial charge < -0.3 is 15.5 Å². The van der Waals surface area contributed by atoms with Crippen molar-refractivity contribution in [2.45, 2.75) is 32.7 Å². The largest absolute Gasteiger partial charge is 0.357 e. The number of guanidine groups is 1. The maximum atomic E-state index is 4.68. The van der Waals surface area contributed by atoms with Crippen LogP contribution in [-0.2, 0) is 13.0 Å². The first-order valence-corrected chi connectivity index (χ1v) is 9.61. The van der Waals surface area contributed by atoms with Crippen LogP contribution >= 0.6 is 0 Å². The molecular formula is C21H29N5. The van der Waals surface area contributed by atoms with Crippen LogP contribution in [-0.4, -0.2) is 37.1 Å². The third-order valence-corrected chi connectivity index (χ3v) is 4.55. The van der Waals surface area contributed by atoms with Crippen LogP contribution < -0.4 is 15.5 Å². The molecule has 1 aliphatic rings. The van der Waals surface area contributed by atoms with E-state index in [0.717, 1.165) is 49.9 Å². The number of aromatic nitrogens is 1. The zero-order chi connectivity index (χ0) is 18.0. The number of hydrogen-bond donors (Lipinski definition) is 2. The molecule has 0 saturated carbocycles. The molecule has 0 bridgehead atoms. The van der Waals surface area contributed by atoms with E-state index in [1.807, 2.05) is 12.3 Å². The van der Waals surface area contributed by atoms with Crippen LogP contribution in [0, 0.1) is 0 Å². The lowest BCUT2D eigenvalue weighted by Gasteiger charge is -2.16. The van der Waals surface area contributed by atoms with E-state index in [4.69, 9.17) is 0 Å². The summed E-state index contributed by atoms with van der Waals surface area (Å²) in [6.07, 6.45) is 5.48. The van der Waals surface area contributed by atoms with Gasteiger partial charge >= 0.3 is 0 Å². The molecule has 1 saturated heterocycles. The van der Waals surface area contributed by atoms with Gasteiger partial charge in [0.1, 0.15) is 5.82 Å². The average Bonchev–Trinajstić information content (AvgIpc) is 3.22. The summed E-state index contributed by atoms with van der Waals surface area (Å²) in [5, 5.41) is 6.71. The molecule has 0 spiro atoms. The van der Waals surface area contributed by atoms with Gasteiger partial charge in [-0.3, -0.25) is 0 Å². The Kier molecular flexibility index (Phi) is 6.88. The first kappa shape index (κ1) is 18.2. The highest BCUT2D eigenvalue weighted by Crippen LogP contribution is 2.17. The minimum Gasteiger partial charge on any atom is -0.357 e. The SMILES string of the molecule is CCNC(=NCc1ccc(N2CCCC2)nc1)NCCc1ccccc1. The molecule has 138 valence electrons. The number of nitrogens with zero attached hydrogens (tertiary/aromatic N) is 3. The van der Waals surface area contributed by atoms with Gasteiger partial charge in [-0.25, -0.2) is 9.98 Å². The molecule has 5 nitrogen and oxygen atoms in total. The van der Waals surface area contributed by atoms with Crippen LogP contribution in [0.1, 0.15) is 30.9 Å². The molecule has 1 aliphatic heterocycles. The van der Waals surface area contributed by atoms with Gasteiger partial charge in [-0.15, -0.1) is 0 Å².